The number of hydrogen-bond acceptors (Lipinski definition) is 2. The van der Waals surface area contributed by atoms with Crippen LogP contribution in [-0.4, -0.2) is 22.3 Å². The quantitative estimate of drug-likeness (QED) is 0.565. The van der Waals surface area contributed by atoms with Crippen LogP contribution in [0.4, 0.5) is 0 Å². The molecule has 2 atom stereocenters. The molecule has 0 fully saturated rings. The van der Waals surface area contributed by atoms with Gasteiger partial charge >= 0.3 is 0 Å². The molecule has 0 aromatic heterocycles. The molecule has 0 bridgehead atoms. The number of hydrogen-bond donors (Lipinski definition) is 2. The fourth-order valence-electron chi connectivity index (χ4n) is 1.02. The highest BCUT2D eigenvalue weighted by Crippen LogP contribution is 2.11. The number of aliphatic hydroxyl groups excluding tert-OH is 1. The van der Waals surface area contributed by atoms with Gasteiger partial charge in [0.1, 0.15) is 5.38 Å². The molecule has 1 aromatic carbocycles. The van der Waals surface area contributed by atoms with E-state index in [-0.39, 0.29) is 5.71 Å². The molecule has 3 heteroatoms. The Balaban J connectivity index is 2.80. The van der Waals surface area contributed by atoms with E-state index < -0.39 is 11.5 Å². The van der Waals surface area contributed by atoms with Gasteiger partial charge in [0.05, 0.1) is 11.8 Å². The fourth-order valence-corrected chi connectivity index (χ4v) is 1.14. The van der Waals surface area contributed by atoms with Gasteiger partial charge in [-0.05, 0) is 12.5 Å². The number of alkyl halides is 1. The molecule has 0 radical (unpaired) electrons. The van der Waals surface area contributed by atoms with Gasteiger partial charge in [-0.1, -0.05) is 30.3 Å². The Hall–Kier alpha value is -0.860. The molecule has 0 saturated heterocycles. The summed E-state index contributed by atoms with van der Waals surface area (Å²) in [6.45, 7) is 1.58. The third kappa shape index (κ3) is 2.54. The van der Waals surface area contributed by atoms with Gasteiger partial charge in [-0.3, -0.25) is 0 Å². The predicted octanol–water partition coefficient (Wildman–Crippen LogP) is 2.04. The van der Waals surface area contributed by atoms with Crippen molar-refractivity contribution in [2.24, 2.45) is 0 Å². The van der Waals surface area contributed by atoms with E-state index in [0.717, 1.165) is 5.56 Å². The van der Waals surface area contributed by atoms with Crippen molar-refractivity contribution in [3.63, 3.8) is 0 Å². The van der Waals surface area contributed by atoms with E-state index in [0.29, 0.717) is 0 Å². The molecule has 70 valence electrons. The van der Waals surface area contributed by atoms with E-state index in [4.69, 9.17) is 17.0 Å². The number of benzene rings is 1. The summed E-state index contributed by atoms with van der Waals surface area (Å²) < 4.78 is 0. The summed E-state index contributed by atoms with van der Waals surface area (Å²) in [5.41, 5.74) is 1.01. The lowest BCUT2D eigenvalue weighted by molar-refractivity contribution is 0.206. The van der Waals surface area contributed by atoms with Gasteiger partial charge in [0.15, 0.2) is 0 Å². The van der Waals surface area contributed by atoms with Crippen LogP contribution in [0.2, 0.25) is 0 Å². The summed E-state index contributed by atoms with van der Waals surface area (Å²) in [6.07, 6.45) is -0.700. The highest BCUT2D eigenvalue weighted by Gasteiger charge is 2.17. The highest BCUT2D eigenvalue weighted by atomic mass is 35.5. The van der Waals surface area contributed by atoms with Crippen LogP contribution in [0.25, 0.3) is 0 Å². The fraction of sp³-hybridized carbons (Fsp3) is 0.300. The molecule has 0 aliphatic rings. The normalized spacial score (nSPS) is 15.0. The maximum absolute atomic E-state index is 9.18. The van der Waals surface area contributed by atoms with Gasteiger partial charge in [-0.15, -0.1) is 11.6 Å². The Bertz CT molecular complexity index is 284. The van der Waals surface area contributed by atoms with E-state index in [9.17, 15) is 5.11 Å². The molecule has 2 nitrogen and oxygen atoms in total. The highest BCUT2D eigenvalue weighted by molar-refractivity contribution is 6.34. The molecule has 0 aliphatic heterocycles. The number of halogens is 1. The Kier molecular flexibility index (Phi) is 3.46. The number of rotatable bonds is 3. The second kappa shape index (κ2) is 4.40. The minimum absolute atomic E-state index is 0.261. The van der Waals surface area contributed by atoms with Crippen molar-refractivity contribution in [1.29, 1.82) is 5.41 Å². The van der Waals surface area contributed by atoms with Gasteiger partial charge < -0.3 is 10.5 Å². The lowest BCUT2D eigenvalue weighted by atomic mass is 10.0. The first-order valence-electron chi connectivity index (χ1n) is 4.09. The monoisotopic (exact) mass is 197 g/mol. The molecule has 0 heterocycles. The molecule has 0 unspecified atom stereocenters. The minimum atomic E-state index is -0.700. The zero-order valence-corrected chi connectivity index (χ0v) is 8.12. The van der Waals surface area contributed by atoms with Gasteiger partial charge in [-0.2, -0.15) is 0 Å². The van der Waals surface area contributed by atoms with Gasteiger partial charge in [0.2, 0.25) is 0 Å². The van der Waals surface area contributed by atoms with Gasteiger partial charge in [0.25, 0.3) is 0 Å². The van der Waals surface area contributed by atoms with Gasteiger partial charge in [0, 0.05) is 0 Å². The SMILES string of the molecule is C[C@H](O)[C@@H](Cl)C(=N)c1ccccc1. The summed E-state index contributed by atoms with van der Waals surface area (Å²) in [4.78, 5) is 0. The van der Waals surface area contributed by atoms with Crippen LogP contribution in [0.1, 0.15) is 12.5 Å². The molecule has 1 rings (SSSR count). The number of aliphatic hydroxyl groups is 1. The smallest absolute Gasteiger partial charge is 0.101 e. The Labute approximate surface area is 82.7 Å². The maximum Gasteiger partial charge on any atom is 0.101 e. The van der Waals surface area contributed by atoms with Crippen molar-refractivity contribution in [1.82, 2.24) is 0 Å². The van der Waals surface area contributed by atoms with Crippen molar-refractivity contribution in [2.75, 3.05) is 0 Å². The zero-order chi connectivity index (χ0) is 9.84. The van der Waals surface area contributed by atoms with Crippen molar-refractivity contribution in [3.05, 3.63) is 35.9 Å². The van der Waals surface area contributed by atoms with Crippen LogP contribution >= 0.6 is 11.6 Å². The minimum Gasteiger partial charge on any atom is -0.391 e. The molecule has 2 N–H and O–H groups in total. The largest absolute Gasteiger partial charge is 0.391 e. The van der Waals surface area contributed by atoms with Crippen molar-refractivity contribution in [3.8, 4) is 0 Å². The summed E-state index contributed by atoms with van der Waals surface area (Å²) in [5.74, 6) is 0. The standard InChI is InChI=1S/C10H12ClNO/c1-7(13)9(11)10(12)8-5-3-2-4-6-8/h2-7,9,12-13H,1H3/t7-,9+/m0/s1. The van der Waals surface area contributed by atoms with Gasteiger partial charge in [-0.25, -0.2) is 0 Å². The number of nitrogens with one attached hydrogen (secondary N) is 1. The zero-order valence-electron chi connectivity index (χ0n) is 7.37. The van der Waals surface area contributed by atoms with Crippen LogP contribution < -0.4 is 0 Å². The van der Waals surface area contributed by atoms with Crippen LogP contribution in [0.5, 0.6) is 0 Å². The van der Waals surface area contributed by atoms with Crippen LogP contribution in [0, 0.1) is 5.41 Å². The van der Waals surface area contributed by atoms with E-state index in [1.165, 1.54) is 0 Å². The molecular weight excluding hydrogens is 186 g/mol. The third-order valence-corrected chi connectivity index (χ3v) is 2.37. The van der Waals surface area contributed by atoms with Crippen molar-refractivity contribution >= 4 is 17.3 Å². The topological polar surface area (TPSA) is 44.1 Å². The third-order valence-electron chi connectivity index (χ3n) is 1.78. The Morgan fingerprint density at radius 2 is 1.92 bits per heavy atom. The summed E-state index contributed by atoms with van der Waals surface area (Å²) in [5, 5.41) is 16.2. The van der Waals surface area contributed by atoms with Crippen molar-refractivity contribution < 1.29 is 5.11 Å². The lowest BCUT2D eigenvalue weighted by Gasteiger charge is -2.13. The van der Waals surface area contributed by atoms with E-state index >= 15 is 0 Å². The first-order valence-corrected chi connectivity index (χ1v) is 4.52. The molecule has 0 aliphatic carbocycles. The van der Waals surface area contributed by atoms with E-state index in [1.807, 2.05) is 18.2 Å². The molecule has 13 heavy (non-hydrogen) atoms. The summed E-state index contributed by atoms with van der Waals surface area (Å²) in [6, 6.07) is 9.17. The van der Waals surface area contributed by atoms with Crippen LogP contribution in [-0.2, 0) is 0 Å². The first-order chi connectivity index (χ1) is 6.13. The Morgan fingerprint density at radius 3 is 2.38 bits per heavy atom. The average Bonchev–Trinajstić information content (AvgIpc) is 2.17. The Morgan fingerprint density at radius 1 is 1.38 bits per heavy atom. The second-order valence-corrected chi connectivity index (χ2v) is 3.39. The lowest BCUT2D eigenvalue weighted by Crippen LogP contribution is -2.26. The van der Waals surface area contributed by atoms with Crippen molar-refractivity contribution in [2.45, 2.75) is 18.4 Å². The average molecular weight is 198 g/mol. The molecule has 0 amide bonds. The van der Waals surface area contributed by atoms with E-state index in [2.05, 4.69) is 0 Å². The molecule has 1 aromatic rings. The van der Waals surface area contributed by atoms with Crippen LogP contribution in [0.15, 0.2) is 30.3 Å². The molecule has 0 saturated carbocycles. The maximum atomic E-state index is 9.18. The van der Waals surface area contributed by atoms with Crippen LogP contribution in [0.3, 0.4) is 0 Å². The molecular formula is C10H12ClNO. The van der Waals surface area contributed by atoms with E-state index in [1.54, 1.807) is 19.1 Å². The summed E-state index contributed by atoms with van der Waals surface area (Å²) in [7, 11) is 0. The molecule has 0 spiro atoms. The second-order valence-electron chi connectivity index (χ2n) is 2.92. The first kappa shape index (κ1) is 10.2. The summed E-state index contributed by atoms with van der Waals surface area (Å²) >= 11 is 5.83. The predicted molar refractivity (Wildman–Crippen MR) is 54.6 cm³/mol.